The van der Waals surface area contributed by atoms with E-state index in [9.17, 15) is 0 Å². The first kappa shape index (κ1) is 15.9. The summed E-state index contributed by atoms with van der Waals surface area (Å²) in [4.78, 5) is 4.26. The molecule has 0 saturated carbocycles. The average Bonchev–Trinajstić information content (AvgIpc) is 2.35. The van der Waals surface area contributed by atoms with Gasteiger partial charge in [0.15, 0.2) is 0 Å². The van der Waals surface area contributed by atoms with Crippen LogP contribution in [0.2, 0.25) is 0 Å². The van der Waals surface area contributed by atoms with Crippen molar-refractivity contribution >= 4 is 0 Å². The van der Waals surface area contributed by atoms with Gasteiger partial charge in [-0.1, -0.05) is 6.92 Å². The van der Waals surface area contributed by atoms with Gasteiger partial charge < -0.3 is 14.8 Å². The summed E-state index contributed by atoms with van der Waals surface area (Å²) in [5.74, 6) is 0.805. The molecule has 1 aromatic heterocycles. The zero-order valence-electron chi connectivity index (χ0n) is 12.6. The van der Waals surface area contributed by atoms with Crippen molar-refractivity contribution in [2.75, 3.05) is 13.2 Å². The molecule has 0 amide bonds. The Morgan fingerprint density at radius 3 is 2.53 bits per heavy atom. The van der Waals surface area contributed by atoms with E-state index >= 15 is 0 Å². The Bertz CT molecular complexity index is 369. The maximum absolute atomic E-state index is 5.70. The van der Waals surface area contributed by atoms with Crippen molar-refractivity contribution < 1.29 is 9.47 Å². The average molecular weight is 266 g/mol. The van der Waals surface area contributed by atoms with Crippen LogP contribution in [0.15, 0.2) is 18.5 Å². The highest BCUT2D eigenvalue weighted by molar-refractivity contribution is 5.27. The molecule has 0 aliphatic carbocycles. The van der Waals surface area contributed by atoms with E-state index in [1.807, 2.05) is 33.0 Å². The van der Waals surface area contributed by atoms with Crippen molar-refractivity contribution in [3.63, 3.8) is 0 Å². The number of hydrogen-bond donors (Lipinski definition) is 1. The molecule has 1 heterocycles. The van der Waals surface area contributed by atoms with Crippen LogP contribution in [0, 0.1) is 0 Å². The van der Waals surface area contributed by atoms with Crippen LogP contribution in [0.5, 0.6) is 5.75 Å². The lowest BCUT2D eigenvalue weighted by molar-refractivity contribution is 0.0475. The molecule has 0 bridgehead atoms. The second-order valence-corrected chi connectivity index (χ2v) is 4.82. The fourth-order valence-corrected chi connectivity index (χ4v) is 2.08. The van der Waals surface area contributed by atoms with E-state index in [2.05, 4.69) is 24.1 Å². The molecule has 0 aliphatic heterocycles. The Balaban J connectivity index is 2.88. The Kier molecular flexibility index (Phi) is 6.81. The van der Waals surface area contributed by atoms with Gasteiger partial charge in [-0.15, -0.1) is 0 Å². The van der Waals surface area contributed by atoms with Crippen LogP contribution in [0.4, 0.5) is 0 Å². The van der Waals surface area contributed by atoms with Gasteiger partial charge in [-0.25, -0.2) is 0 Å². The maximum Gasteiger partial charge on any atom is 0.138 e. The smallest absolute Gasteiger partial charge is 0.138 e. The van der Waals surface area contributed by atoms with Gasteiger partial charge in [0.25, 0.3) is 0 Å². The number of ether oxygens (including phenoxy) is 2. The van der Waals surface area contributed by atoms with E-state index < -0.39 is 0 Å². The normalized spacial score (nSPS) is 14.4. The molecule has 2 unspecified atom stereocenters. The van der Waals surface area contributed by atoms with Crippen LogP contribution >= 0.6 is 0 Å². The number of nitrogens with one attached hydrogen (secondary N) is 1. The molecule has 4 nitrogen and oxygen atoms in total. The summed E-state index contributed by atoms with van der Waals surface area (Å²) in [5.41, 5.74) is 1.10. The molecule has 0 spiro atoms. The van der Waals surface area contributed by atoms with Crippen molar-refractivity contribution in [1.29, 1.82) is 0 Å². The molecular formula is C15H26N2O2. The molecule has 1 aromatic rings. The molecule has 0 aromatic carbocycles. The number of likely N-dealkylation sites (N-methyl/N-ethyl adjacent to an activating group) is 1. The number of pyridine rings is 1. The topological polar surface area (TPSA) is 43.4 Å². The Hall–Kier alpha value is -1.13. The highest BCUT2D eigenvalue weighted by Gasteiger charge is 2.19. The van der Waals surface area contributed by atoms with Gasteiger partial charge in [0.05, 0.1) is 24.4 Å². The standard InChI is InChI=1S/C15H26N2O2/c1-6-17-15(12(5)18-7-2)13-8-14(10-16-9-13)19-11(3)4/h8-12,15,17H,6-7H2,1-5H3. The molecule has 0 saturated heterocycles. The summed E-state index contributed by atoms with van der Waals surface area (Å²) >= 11 is 0. The van der Waals surface area contributed by atoms with E-state index in [1.165, 1.54) is 0 Å². The fourth-order valence-electron chi connectivity index (χ4n) is 2.08. The third kappa shape index (κ3) is 5.17. The van der Waals surface area contributed by atoms with Gasteiger partial charge in [0.2, 0.25) is 0 Å². The summed E-state index contributed by atoms with van der Waals surface area (Å²) < 4.78 is 11.4. The number of nitrogens with zero attached hydrogens (tertiary/aromatic N) is 1. The van der Waals surface area contributed by atoms with Crippen molar-refractivity contribution in [2.24, 2.45) is 0 Å². The lowest BCUT2D eigenvalue weighted by Crippen LogP contribution is -2.32. The Morgan fingerprint density at radius 2 is 1.95 bits per heavy atom. The molecule has 1 rings (SSSR count). The van der Waals surface area contributed by atoms with Crippen molar-refractivity contribution in [3.8, 4) is 5.75 Å². The Labute approximate surface area is 116 Å². The summed E-state index contributed by atoms with van der Waals surface area (Å²) in [5, 5.41) is 3.44. The van der Waals surface area contributed by atoms with E-state index in [-0.39, 0.29) is 18.2 Å². The number of rotatable bonds is 8. The van der Waals surface area contributed by atoms with Crippen molar-refractivity contribution in [2.45, 2.75) is 52.9 Å². The fraction of sp³-hybridized carbons (Fsp3) is 0.667. The first-order valence-electron chi connectivity index (χ1n) is 7.05. The molecule has 0 aliphatic rings. The van der Waals surface area contributed by atoms with Gasteiger partial charge in [-0.3, -0.25) is 4.98 Å². The number of aromatic nitrogens is 1. The third-order valence-electron chi connectivity index (χ3n) is 2.79. The van der Waals surface area contributed by atoms with Crippen LogP contribution in [-0.4, -0.2) is 30.3 Å². The first-order chi connectivity index (χ1) is 9.08. The predicted molar refractivity (Wildman–Crippen MR) is 77.5 cm³/mol. The van der Waals surface area contributed by atoms with E-state index in [0.717, 1.165) is 17.9 Å². The van der Waals surface area contributed by atoms with Gasteiger partial charge in [0, 0.05) is 12.8 Å². The molecule has 19 heavy (non-hydrogen) atoms. The highest BCUT2D eigenvalue weighted by atomic mass is 16.5. The first-order valence-corrected chi connectivity index (χ1v) is 7.05. The van der Waals surface area contributed by atoms with Crippen LogP contribution < -0.4 is 10.1 Å². The SMILES string of the molecule is CCNC(c1cncc(OC(C)C)c1)C(C)OCC. The zero-order valence-corrected chi connectivity index (χ0v) is 12.6. The molecule has 2 atom stereocenters. The Morgan fingerprint density at radius 1 is 1.21 bits per heavy atom. The minimum Gasteiger partial charge on any atom is -0.489 e. The summed E-state index contributed by atoms with van der Waals surface area (Å²) in [6.45, 7) is 11.8. The van der Waals surface area contributed by atoms with Crippen molar-refractivity contribution in [3.05, 3.63) is 24.0 Å². The van der Waals surface area contributed by atoms with Crippen LogP contribution in [0.25, 0.3) is 0 Å². The van der Waals surface area contributed by atoms with Crippen LogP contribution in [-0.2, 0) is 4.74 Å². The van der Waals surface area contributed by atoms with Gasteiger partial charge in [-0.2, -0.15) is 0 Å². The summed E-state index contributed by atoms with van der Waals surface area (Å²) in [6, 6.07) is 2.17. The van der Waals surface area contributed by atoms with Gasteiger partial charge in [0.1, 0.15) is 5.75 Å². The maximum atomic E-state index is 5.70. The molecule has 4 heteroatoms. The molecule has 0 radical (unpaired) electrons. The van der Waals surface area contributed by atoms with Gasteiger partial charge in [-0.05, 0) is 45.9 Å². The second kappa shape index (κ2) is 8.12. The van der Waals surface area contributed by atoms with Gasteiger partial charge >= 0.3 is 0 Å². The van der Waals surface area contributed by atoms with Crippen molar-refractivity contribution in [1.82, 2.24) is 10.3 Å². The monoisotopic (exact) mass is 266 g/mol. The highest BCUT2D eigenvalue weighted by Crippen LogP contribution is 2.22. The summed E-state index contributed by atoms with van der Waals surface area (Å²) in [6.07, 6.45) is 3.87. The number of hydrogen-bond acceptors (Lipinski definition) is 4. The van der Waals surface area contributed by atoms with E-state index in [4.69, 9.17) is 9.47 Å². The van der Waals surface area contributed by atoms with Crippen LogP contribution in [0.1, 0.15) is 46.2 Å². The van der Waals surface area contributed by atoms with E-state index in [0.29, 0.717) is 6.61 Å². The molecular weight excluding hydrogens is 240 g/mol. The van der Waals surface area contributed by atoms with E-state index in [1.54, 1.807) is 6.20 Å². The lowest BCUT2D eigenvalue weighted by atomic mass is 10.0. The minimum atomic E-state index is 0.0982. The zero-order chi connectivity index (χ0) is 14.3. The minimum absolute atomic E-state index is 0.0982. The summed E-state index contributed by atoms with van der Waals surface area (Å²) in [7, 11) is 0. The van der Waals surface area contributed by atoms with Crippen LogP contribution in [0.3, 0.4) is 0 Å². The largest absolute Gasteiger partial charge is 0.489 e. The predicted octanol–water partition coefficient (Wildman–Crippen LogP) is 2.94. The second-order valence-electron chi connectivity index (χ2n) is 4.82. The molecule has 0 fully saturated rings. The molecule has 1 N–H and O–H groups in total. The third-order valence-corrected chi connectivity index (χ3v) is 2.79. The molecule has 108 valence electrons. The lowest BCUT2D eigenvalue weighted by Gasteiger charge is -2.25. The quantitative estimate of drug-likeness (QED) is 0.785.